The first-order chi connectivity index (χ1) is 9.90. The van der Waals surface area contributed by atoms with Crippen LogP contribution in [0.1, 0.15) is 26.7 Å². The highest BCUT2D eigenvalue weighted by molar-refractivity contribution is 7.59. The molecule has 0 amide bonds. The van der Waals surface area contributed by atoms with Gasteiger partial charge in [0.2, 0.25) is 7.37 Å². The van der Waals surface area contributed by atoms with Gasteiger partial charge in [0.1, 0.15) is 5.76 Å². The van der Waals surface area contributed by atoms with Crippen LogP contribution in [0.15, 0.2) is 11.8 Å². The fourth-order valence-corrected chi connectivity index (χ4v) is 3.44. The van der Waals surface area contributed by atoms with E-state index in [-0.39, 0.29) is 18.6 Å². The van der Waals surface area contributed by atoms with Crippen molar-refractivity contribution in [3.63, 3.8) is 0 Å². The predicted octanol–water partition coefficient (Wildman–Crippen LogP) is 3.07. The molecule has 0 aromatic heterocycles. The van der Waals surface area contributed by atoms with Crippen LogP contribution in [0.4, 0.5) is 0 Å². The fourth-order valence-electron chi connectivity index (χ4n) is 2.16. The molecular formula is C14H15N4O2P. The van der Waals surface area contributed by atoms with Crippen molar-refractivity contribution in [1.29, 1.82) is 21.0 Å². The number of allylic oxidation sites excluding steroid dienone is 2. The van der Waals surface area contributed by atoms with Gasteiger partial charge in [0.05, 0.1) is 24.3 Å². The Bertz CT molecular complexity index is 633. The summed E-state index contributed by atoms with van der Waals surface area (Å²) in [5.41, 5.74) is -3.54. The second-order valence-corrected chi connectivity index (χ2v) is 7.92. The van der Waals surface area contributed by atoms with Crippen molar-refractivity contribution in [2.24, 2.45) is 10.8 Å². The molecule has 0 unspecified atom stereocenters. The highest BCUT2D eigenvalue weighted by Gasteiger charge is 2.57. The average molecular weight is 302 g/mol. The number of hydrogen-bond donors (Lipinski definition) is 0. The standard InChI is InChI=1S/C14H15N4O2P/c1-3-21(19,4-2)20-12-5-6-13(8-15,9-16)14(7-12,10-17)11-18/h5H,3-4,6-7H2,1-2H3. The summed E-state index contributed by atoms with van der Waals surface area (Å²) in [6, 6.07) is 7.18. The Morgan fingerprint density at radius 2 is 1.57 bits per heavy atom. The molecule has 0 aromatic carbocycles. The SMILES string of the molecule is CCP(=O)(CC)OC1=CCC(C#N)(C#N)C(C#N)(C#N)C1. The van der Waals surface area contributed by atoms with Gasteiger partial charge in [-0.2, -0.15) is 21.0 Å². The molecule has 1 aliphatic carbocycles. The Kier molecular flexibility index (Phi) is 4.80. The van der Waals surface area contributed by atoms with Crippen molar-refractivity contribution in [2.45, 2.75) is 26.7 Å². The van der Waals surface area contributed by atoms with Gasteiger partial charge in [0.25, 0.3) is 0 Å². The van der Waals surface area contributed by atoms with E-state index in [4.69, 9.17) is 4.52 Å². The van der Waals surface area contributed by atoms with E-state index >= 15 is 0 Å². The summed E-state index contributed by atoms with van der Waals surface area (Å²) in [7, 11) is -2.84. The molecule has 7 heteroatoms. The van der Waals surface area contributed by atoms with Gasteiger partial charge in [-0.1, -0.05) is 13.8 Å². The summed E-state index contributed by atoms with van der Waals surface area (Å²) in [4.78, 5) is 0. The van der Waals surface area contributed by atoms with E-state index in [1.165, 1.54) is 6.08 Å². The molecule has 1 aliphatic rings. The summed E-state index contributed by atoms with van der Waals surface area (Å²) in [5, 5.41) is 37.2. The van der Waals surface area contributed by atoms with Crippen LogP contribution in [0.2, 0.25) is 0 Å². The van der Waals surface area contributed by atoms with Crippen molar-refractivity contribution in [1.82, 2.24) is 0 Å². The minimum absolute atomic E-state index is 0.0934. The predicted molar refractivity (Wildman–Crippen MR) is 74.4 cm³/mol. The smallest absolute Gasteiger partial charge is 0.247 e. The highest BCUT2D eigenvalue weighted by atomic mass is 31.2. The van der Waals surface area contributed by atoms with Gasteiger partial charge in [-0.25, -0.2) is 0 Å². The molecule has 1 rings (SSSR count). The van der Waals surface area contributed by atoms with Crippen molar-refractivity contribution >= 4 is 7.37 Å². The topological polar surface area (TPSA) is 121 Å². The zero-order valence-electron chi connectivity index (χ0n) is 12.0. The average Bonchev–Trinajstić information content (AvgIpc) is 2.54. The summed E-state index contributed by atoms with van der Waals surface area (Å²) >= 11 is 0. The van der Waals surface area contributed by atoms with Crippen LogP contribution in [-0.2, 0) is 9.09 Å². The first-order valence-corrected chi connectivity index (χ1v) is 8.51. The first kappa shape index (κ1) is 16.8. The third-order valence-corrected chi connectivity index (χ3v) is 6.31. The fraction of sp³-hybridized carbons (Fsp3) is 0.571. The van der Waals surface area contributed by atoms with E-state index in [2.05, 4.69) is 0 Å². The molecule has 0 spiro atoms. The molecule has 108 valence electrons. The van der Waals surface area contributed by atoms with Crippen molar-refractivity contribution in [2.75, 3.05) is 12.3 Å². The molecular weight excluding hydrogens is 287 g/mol. The molecule has 0 aliphatic heterocycles. The van der Waals surface area contributed by atoms with E-state index in [0.29, 0.717) is 12.3 Å². The quantitative estimate of drug-likeness (QED) is 0.735. The number of hydrogen-bond acceptors (Lipinski definition) is 6. The van der Waals surface area contributed by atoms with Crippen LogP contribution in [0.5, 0.6) is 0 Å². The van der Waals surface area contributed by atoms with Crippen LogP contribution in [0.25, 0.3) is 0 Å². The van der Waals surface area contributed by atoms with Crippen molar-refractivity contribution in [3.05, 3.63) is 11.8 Å². The molecule has 0 radical (unpaired) electrons. The zero-order valence-corrected chi connectivity index (χ0v) is 12.9. The highest BCUT2D eigenvalue weighted by Crippen LogP contribution is 2.54. The van der Waals surface area contributed by atoms with E-state index in [1.54, 1.807) is 38.1 Å². The van der Waals surface area contributed by atoms with Gasteiger partial charge in [-0.15, -0.1) is 0 Å². The van der Waals surface area contributed by atoms with E-state index < -0.39 is 18.2 Å². The lowest BCUT2D eigenvalue weighted by atomic mass is 9.60. The van der Waals surface area contributed by atoms with Crippen LogP contribution in [-0.4, -0.2) is 12.3 Å². The lowest BCUT2D eigenvalue weighted by Crippen LogP contribution is -2.40. The number of nitrogens with zero attached hydrogens (tertiary/aromatic N) is 4. The third kappa shape index (κ3) is 2.64. The van der Waals surface area contributed by atoms with E-state index in [9.17, 15) is 25.6 Å². The summed E-state index contributed by atoms with van der Waals surface area (Å²) in [6.45, 7) is 3.48. The summed E-state index contributed by atoms with van der Waals surface area (Å²) in [6.07, 6.45) is 1.88. The maximum Gasteiger partial charge on any atom is 0.247 e. The zero-order chi connectivity index (χ0) is 16.1. The summed E-state index contributed by atoms with van der Waals surface area (Å²) in [5.74, 6) is 0.256. The molecule has 0 fully saturated rings. The van der Waals surface area contributed by atoms with Gasteiger partial charge < -0.3 is 4.52 Å². The monoisotopic (exact) mass is 302 g/mol. The van der Waals surface area contributed by atoms with Crippen LogP contribution < -0.4 is 0 Å². The van der Waals surface area contributed by atoms with Crippen LogP contribution in [0.3, 0.4) is 0 Å². The van der Waals surface area contributed by atoms with E-state index in [0.717, 1.165) is 0 Å². The lowest BCUT2D eigenvalue weighted by Gasteiger charge is -2.35. The van der Waals surface area contributed by atoms with Crippen LogP contribution >= 0.6 is 7.37 Å². The third-order valence-electron chi connectivity index (χ3n) is 3.81. The molecule has 0 saturated carbocycles. The Hall–Kier alpha value is -2.27. The molecule has 0 bridgehead atoms. The van der Waals surface area contributed by atoms with Gasteiger partial charge in [0.15, 0.2) is 10.8 Å². The largest absolute Gasteiger partial charge is 0.448 e. The Labute approximate surface area is 124 Å². The second-order valence-electron chi connectivity index (χ2n) is 4.85. The number of nitriles is 4. The molecule has 0 atom stereocenters. The van der Waals surface area contributed by atoms with Gasteiger partial charge in [0, 0.05) is 25.2 Å². The van der Waals surface area contributed by atoms with E-state index in [1.807, 2.05) is 0 Å². The Morgan fingerprint density at radius 3 is 1.95 bits per heavy atom. The summed E-state index contributed by atoms with van der Waals surface area (Å²) < 4.78 is 17.9. The normalized spacial score (nSPS) is 19.0. The molecule has 0 aromatic rings. The Balaban J connectivity index is 3.27. The van der Waals surface area contributed by atoms with Crippen LogP contribution in [0, 0.1) is 56.2 Å². The number of rotatable bonds is 4. The van der Waals surface area contributed by atoms with Gasteiger partial charge in [-0.05, 0) is 6.08 Å². The van der Waals surface area contributed by atoms with Gasteiger partial charge in [-0.3, -0.25) is 4.57 Å². The molecule has 0 heterocycles. The Morgan fingerprint density at radius 1 is 1.10 bits per heavy atom. The maximum atomic E-state index is 12.3. The second kappa shape index (κ2) is 6.01. The van der Waals surface area contributed by atoms with Crippen molar-refractivity contribution < 1.29 is 9.09 Å². The minimum Gasteiger partial charge on any atom is -0.448 e. The molecule has 0 saturated heterocycles. The first-order valence-electron chi connectivity index (χ1n) is 6.52. The molecule has 21 heavy (non-hydrogen) atoms. The minimum atomic E-state index is -2.84. The maximum absolute atomic E-state index is 12.3. The molecule has 0 N–H and O–H groups in total. The van der Waals surface area contributed by atoms with Crippen molar-refractivity contribution in [3.8, 4) is 24.3 Å². The lowest BCUT2D eigenvalue weighted by molar-refractivity contribution is 0.236. The molecule has 6 nitrogen and oxygen atoms in total. The van der Waals surface area contributed by atoms with Gasteiger partial charge >= 0.3 is 0 Å².